The van der Waals surface area contributed by atoms with Crippen LogP contribution in [-0.4, -0.2) is 36.3 Å². The average molecular weight is 184 g/mol. The summed E-state index contributed by atoms with van der Waals surface area (Å²) in [5.41, 5.74) is 0. The number of carbonyl (C=O) groups excluding carboxylic acids is 2. The van der Waals surface area contributed by atoms with Crippen LogP contribution in [0.1, 0.15) is 20.3 Å². The van der Waals surface area contributed by atoms with Gasteiger partial charge in [-0.3, -0.25) is 9.59 Å². The van der Waals surface area contributed by atoms with Crippen LogP contribution in [0.25, 0.3) is 0 Å². The Kier molecular flexibility index (Phi) is 2.90. The number of likely N-dealkylation sites (N-methyl/N-ethyl adjacent to an activating group) is 1. The molecule has 1 heterocycles. The van der Waals surface area contributed by atoms with Gasteiger partial charge in [0.15, 0.2) is 0 Å². The largest absolute Gasteiger partial charge is 0.357 e. The van der Waals surface area contributed by atoms with Gasteiger partial charge in [-0.05, 0) is 12.3 Å². The number of carbonyl (C=O) groups is 2. The Morgan fingerprint density at radius 1 is 1.46 bits per heavy atom. The predicted molar refractivity (Wildman–Crippen MR) is 49.0 cm³/mol. The van der Waals surface area contributed by atoms with Crippen LogP contribution in [-0.2, 0) is 9.59 Å². The van der Waals surface area contributed by atoms with Crippen molar-refractivity contribution in [2.45, 2.75) is 26.3 Å². The van der Waals surface area contributed by atoms with Crippen molar-refractivity contribution in [3.8, 4) is 0 Å². The van der Waals surface area contributed by atoms with Crippen molar-refractivity contribution in [3.05, 3.63) is 0 Å². The summed E-state index contributed by atoms with van der Waals surface area (Å²) in [7, 11) is 1.60. The molecule has 1 aliphatic heterocycles. The minimum absolute atomic E-state index is 0.0158. The summed E-state index contributed by atoms with van der Waals surface area (Å²) < 4.78 is 0. The number of nitrogens with one attached hydrogen (secondary N) is 1. The van der Waals surface area contributed by atoms with Gasteiger partial charge in [0.05, 0.1) is 0 Å². The molecule has 0 bridgehead atoms. The van der Waals surface area contributed by atoms with E-state index in [1.54, 1.807) is 11.9 Å². The van der Waals surface area contributed by atoms with Crippen molar-refractivity contribution in [2.75, 3.05) is 13.6 Å². The Balaban J connectivity index is 2.76. The number of amides is 2. The molecule has 0 spiro atoms. The lowest BCUT2D eigenvalue weighted by atomic mass is 10.0. The SMILES string of the molecule is CNC(=O)C1C(C)CCN1C(C)=O. The van der Waals surface area contributed by atoms with E-state index < -0.39 is 0 Å². The molecule has 0 radical (unpaired) electrons. The molecular formula is C9H16N2O2. The third-order valence-corrected chi connectivity index (χ3v) is 2.62. The van der Waals surface area contributed by atoms with E-state index in [-0.39, 0.29) is 23.8 Å². The van der Waals surface area contributed by atoms with Crippen LogP contribution in [0.5, 0.6) is 0 Å². The van der Waals surface area contributed by atoms with Gasteiger partial charge in [-0.15, -0.1) is 0 Å². The normalized spacial score (nSPS) is 27.5. The van der Waals surface area contributed by atoms with Gasteiger partial charge in [0.25, 0.3) is 0 Å². The first-order chi connectivity index (χ1) is 6.07. The number of hydrogen-bond acceptors (Lipinski definition) is 2. The molecule has 0 aliphatic carbocycles. The minimum atomic E-state index is -0.262. The first-order valence-electron chi connectivity index (χ1n) is 4.56. The van der Waals surface area contributed by atoms with Crippen LogP contribution < -0.4 is 5.32 Å². The molecule has 0 aromatic rings. The maximum absolute atomic E-state index is 11.4. The van der Waals surface area contributed by atoms with Gasteiger partial charge in [0.1, 0.15) is 6.04 Å². The Bertz CT molecular complexity index is 228. The first kappa shape index (κ1) is 10.0. The van der Waals surface area contributed by atoms with Gasteiger partial charge >= 0.3 is 0 Å². The zero-order valence-corrected chi connectivity index (χ0v) is 8.33. The summed E-state index contributed by atoms with van der Waals surface area (Å²) in [6, 6.07) is -0.262. The maximum atomic E-state index is 11.4. The molecule has 2 atom stereocenters. The molecule has 2 unspecified atom stereocenters. The van der Waals surface area contributed by atoms with Crippen molar-refractivity contribution in [1.29, 1.82) is 0 Å². The molecule has 2 amide bonds. The van der Waals surface area contributed by atoms with E-state index in [0.717, 1.165) is 6.42 Å². The van der Waals surface area contributed by atoms with E-state index in [2.05, 4.69) is 5.32 Å². The van der Waals surface area contributed by atoms with E-state index >= 15 is 0 Å². The monoisotopic (exact) mass is 184 g/mol. The highest BCUT2D eigenvalue weighted by atomic mass is 16.2. The summed E-state index contributed by atoms with van der Waals surface area (Å²) in [5, 5.41) is 2.59. The fourth-order valence-corrected chi connectivity index (χ4v) is 1.85. The van der Waals surface area contributed by atoms with Gasteiger partial charge in [0.2, 0.25) is 11.8 Å². The molecule has 1 saturated heterocycles. The molecule has 0 saturated carbocycles. The van der Waals surface area contributed by atoms with Crippen molar-refractivity contribution in [2.24, 2.45) is 5.92 Å². The van der Waals surface area contributed by atoms with Crippen molar-refractivity contribution >= 4 is 11.8 Å². The summed E-state index contributed by atoms with van der Waals surface area (Å²) in [6.45, 7) is 4.21. The third-order valence-electron chi connectivity index (χ3n) is 2.62. The van der Waals surface area contributed by atoms with Crippen LogP contribution in [0.3, 0.4) is 0 Å². The number of nitrogens with zero attached hydrogens (tertiary/aromatic N) is 1. The Labute approximate surface area is 78.3 Å². The second kappa shape index (κ2) is 3.77. The third kappa shape index (κ3) is 1.82. The van der Waals surface area contributed by atoms with Gasteiger partial charge in [0, 0.05) is 20.5 Å². The van der Waals surface area contributed by atoms with E-state index in [1.165, 1.54) is 6.92 Å². The van der Waals surface area contributed by atoms with Gasteiger partial charge in [-0.1, -0.05) is 6.92 Å². The van der Waals surface area contributed by atoms with Gasteiger partial charge < -0.3 is 10.2 Å². The maximum Gasteiger partial charge on any atom is 0.242 e. The van der Waals surface area contributed by atoms with Gasteiger partial charge in [-0.2, -0.15) is 0 Å². The van der Waals surface area contributed by atoms with E-state index in [9.17, 15) is 9.59 Å². The molecule has 1 fully saturated rings. The Morgan fingerprint density at radius 2 is 2.08 bits per heavy atom. The summed E-state index contributed by atoms with van der Waals surface area (Å²) in [4.78, 5) is 24.2. The van der Waals surface area contributed by atoms with Gasteiger partial charge in [-0.25, -0.2) is 0 Å². The second-order valence-electron chi connectivity index (χ2n) is 3.54. The van der Waals surface area contributed by atoms with Crippen molar-refractivity contribution in [3.63, 3.8) is 0 Å². The van der Waals surface area contributed by atoms with E-state index in [0.29, 0.717) is 6.54 Å². The zero-order chi connectivity index (χ0) is 10.0. The van der Waals surface area contributed by atoms with E-state index in [1.807, 2.05) is 6.92 Å². The Hall–Kier alpha value is -1.06. The predicted octanol–water partition coefficient (Wildman–Crippen LogP) is -0.0107. The van der Waals surface area contributed by atoms with Crippen LogP contribution in [0.15, 0.2) is 0 Å². The average Bonchev–Trinajstić information content (AvgIpc) is 2.46. The lowest BCUT2D eigenvalue weighted by molar-refractivity contribution is -0.137. The van der Waals surface area contributed by atoms with Crippen LogP contribution >= 0.6 is 0 Å². The molecule has 13 heavy (non-hydrogen) atoms. The lowest BCUT2D eigenvalue weighted by Crippen LogP contribution is -2.46. The van der Waals surface area contributed by atoms with Crippen LogP contribution in [0, 0.1) is 5.92 Å². The summed E-state index contributed by atoms with van der Waals surface area (Å²) >= 11 is 0. The smallest absolute Gasteiger partial charge is 0.242 e. The van der Waals surface area contributed by atoms with Crippen LogP contribution in [0.2, 0.25) is 0 Å². The van der Waals surface area contributed by atoms with E-state index in [4.69, 9.17) is 0 Å². The molecule has 4 nitrogen and oxygen atoms in total. The highest BCUT2D eigenvalue weighted by Crippen LogP contribution is 2.23. The fourth-order valence-electron chi connectivity index (χ4n) is 1.85. The molecule has 0 aromatic heterocycles. The van der Waals surface area contributed by atoms with Crippen LogP contribution in [0.4, 0.5) is 0 Å². The highest BCUT2D eigenvalue weighted by molar-refractivity contribution is 5.87. The molecule has 1 N–H and O–H groups in total. The highest BCUT2D eigenvalue weighted by Gasteiger charge is 2.37. The molecule has 1 rings (SSSR count). The zero-order valence-electron chi connectivity index (χ0n) is 8.33. The minimum Gasteiger partial charge on any atom is -0.357 e. The molecule has 4 heteroatoms. The summed E-state index contributed by atoms with van der Waals surface area (Å²) in [5.74, 6) is 0.196. The standard InChI is InChI=1S/C9H16N2O2/c1-6-4-5-11(7(2)12)8(6)9(13)10-3/h6,8H,4-5H2,1-3H3,(H,10,13). The quantitative estimate of drug-likeness (QED) is 0.623. The molecule has 0 aromatic carbocycles. The molecule has 74 valence electrons. The fraction of sp³-hybridized carbons (Fsp3) is 0.778. The van der Waals surface area contributed by atoms with Crippen molar-refractivity contribution < 1.29 is 9.59 Å². The Morgan fingerprint density at radius 3 is 2.54 bits per heavy atom. The van der Waals surface area contributed by atoms with Crippen molar-refractivity contribution in [1.82, 2.24) is 10.2 Å². The number of likely N-dealkylation sites (tertiary alicyclic amines) is 1. The lowest BCUT2D eigenvalue weighted by Gasteiger charge is -2.23. The molecular weight excluding hydrogens is 168 g/mol. The number of rotatable bonds is 1. The first-order valence-corrected chi connectivity index (χ1v) is 4.56. The summed E-state index contributed by atoms with van der Waals surface area (Å²) in [6.07, 6.45) is 0.914. The molecule has 1 aliphatic rings. The second-order valence-corrected chi connectivity index (χ2v) is 3.54. The number of hydrogen-bond donors (Lipinski definition) is 1. The topological polar surface area (TPSA) is 49.4 Å².